The summed E-state index contributed by atoms with van der Waals surface area (Å²) < 4.78 is 5.32. The number of nitrogens with zero attached hydrogens (tertiary/aromatic N) is 1. The number of hydrogen-bond acceptors (Lipinski definition) is 4. The van der Waals surface area contributed by atoms with E-state index in [1.807, 2.05) is 17.6 Å². The minimum Gasteiger partial charge on any atom is -0.496 e. The van der Waals surface area contributed by atoms with Gasteiger partial charge in [-0.1, -0.05) is 12.1 Å². The first-order valence-electron chi connectivity index (χ1n) is 6.41. The number of methoxy groups -OCH3 is 1. The summed E-state index contributed by atoms with van der Waals surface area (Å²) in [6.07, 6.45) is 1.85. The molecule has 4 heteroatoms. The molecule has 0 saturated carbocycles. The molecule has 102 valence electrons. The average molecular weight is 276 g/mol. The molecule has 3 nitrogen and oxygen atoms in total. The molecule has 2 rings (SSSR count). The van der Waals surface area contributed by atoms with E-state index in [1.165, 1.54) is 5.56 Å². The van der Waals surface area contributed by atoms with Gasteiger partial charge in [0.2, 0.25) is 0 Å². The van der Waals surface area contributed by atoms with Crippen LogP contribution in [0.15, 0.2) is 29.8 Å². The number of aromatic nitrogens is 1. The van der Waals surface area contributed by atoms with Crippen LogP contribution in [0.2, 0.25) is 0 Å². The maximum atomic E-state index is 5.32. The van der Waals surface area contributed by atoms with Gasteiger partial charge in [0.1, 0.15) is 10.8 Å². The van der Waals surface area contributed by atoms with E-state index in [-0.39, 0.29) is 6.04 Å². The molecule has 1 heterocycles. The largest absolute Gasteiger partial charge is 0.496 e. The van der Waals surface area contributed by atoms with E-state index < -0.39 is 0 Å². The first-order chi connectivity index (χ1) is 9.11. The summed E-state index contributed by atoms with van der Waals surface area (Å²) >= 11 is 1.68. The third-order valence-corrected chi connectivity index (χ3v) is 3.79. The lowest BCUT2D eigenvalue weighted by atomic mass is 10.0. The summed E-state index contributed by atoms with van der Waals surface area (Å²) in [5, 5.41) is 6.68. The molecule has 0 aliphatic heterocycles. The number of benzene rings is 1. The Morgan fingerprint density at radius 3 is 2.63 bits per heavy atom. The van der Waals surface area contributed by atoms with Crippen LogP contribution >= 0.6 is 11.3 Å². The van der Waals surface area contributed by atoms with Crippen LogP contribution in [0, 0.1) is 6.92 Å². The van der Waals surface area contributed by atoms with E-state index >= 15 is 0 Å². The Balaban J connectivity index is 2.35. The van der Waals surface area contributed by atoms with E-state index in [2.05, 4.69) is 43.2 Å². The second-order valence-electron chi connectivity index (χ2n) is 4.85. The highest BCUT2D eigenvalue weighted by atomic mass is 32.1. The fourth-order valence-electron chi connectivity index (χ4n) is 2.10. The number of thiazole rings is 1. The van der Waals surface area contributed by atoms with Gasteiger partial charge in [-0.25, -0.2) is 4.98 Å². The van der Waals surface area contributed by atoms with Gasteiger partial charge < -0.3 is 10.1 Å². The van der Waals surface area contributed by atoms with Crippen LogP contribution in [0.4, 0.5) is 0 Å². The molecule has 19 heavy (non-hydrogen) atoms. The Labute approximate surface area is 118 Å². The molecule has 0 aliphatic rings. The molecule has 2 aromatic rings. The van der Waals surface area contributed by atoms with Gasteiger partial charge in [0.05, 0.1) is 13.2 Å². The van der Waals surface area contributed by atoms with Crippen LogP contribution in [0.25, 0.3) is 0 Å². The summed E-state index contributed by atoms with van der Waals surface area (Å²) in [7, 11) is 1.70. The van der Waals surface area contributed by atoms with Gasteiger partial charge in [0, 0.05) is 17.6 Å². The highest BCUT2D eigenvalue weighted by molar-refractivity contribution is 7.09. The van der Waals surface area contributed by atoms with Crippen LogP contribution in [0.5, 0.6) is 5.75 Å². The monoisotopic (exact) mass is 276 g/mol. The smallest absolute Gasteiger partial charge is 0.121 e. The number of nitrogens with one attached hydrogen (secondary N) is 1. The molecular weight excluding hydrogens is 256 g/mol. The first-order valence-corrected chi connectivity index (χ1v) is 7.29. The maximum Gasteiger partial charge on any atom is 0.121 e. The second-order valence-corrected chi connectivity index (χ2v) is 5.78. The number of hydrogen-bond donors (Lipinski definition) is 1. The van der Waals surface area contributed by atoms with Crippen LogP contribution in [-0.2, 0) is 0 Å². The zero-order chi connectivity index (χ0) is 13.8. The third kappa shape index (κ3) is 3.33. The average Bonchev–Trinajstić information content (AvgIpc) is 2.89. The molecule has 1 aromatic carbocycles. The number of rotatable bonds is 5. The van der Waals surface area contributed by atoms with Crippen molar-refractivity contribution in [3.8, 4) is 5.75 Å². The van der Waals surface area contributed by atoms with Crippen molar-refractivity contribution in [3.63, 3.8) is 0 Å². The number of ether oxygens (including phenoxy) is 1. The molecule has 1 aromatic heterocycles. The number of aryl methyl sites for hydroxylation is 1. The Morgan fingerprint density at radius 2 is 2.11 bits per heavy atom. The highest BCUT2D eigenvalue weighted by Crippen LogP contribution is 2.28. The summed E-state index contributed by atoms with van der Waals surface area (Å²) in [5.41, 5.74) is 2.37. The molecular formula is C15H20N2OS. The lowest BCUT2D eigenvalue weighted by molar-refractivity contribution is 0.411. The second kappa shape index (κ2) is 6.17. The zero-order valence-corrected chi connectivity index (χ0v) is 12.6. The third-order valence-electron chi connectivity index (χ3n) is 2.95. The van der Waals surface area contributed by atoms with Crippen molar-refractivity contribution in [1.82, 2.24) is 10.3 Å². The standard InChI is InChI=1S/C15H20N2OS/c1-10(2)17-14(15-16-7-8-19-15)12-5-6-13(18-4)11(3)9-12/h5-10,14,17H,1-4H3. The van der Waals surface area contributed by atoms with E-state index in [0.717, 1.165) is 16.3 Å². The molecule has 0 radical (unpaired) electrons. The molecule has 0 amide bonds. The molecule has 0 spiro atoms. The van der Waals surface area contributed by atoms with Gasteiger partial charge >= 0.3 is 0 Å². The predicted octanol–water partition coefficient (Wildman–Crippen LogP) is 3.55. The van der Waals surface area contributed by atoms with Crippen LogP contribution in [0.1, 0.15) is 36.0 Å². The Hall–Kier alpha value is -1.39. The SMILES string of the molecule is COc1ccc(C(NC(C)C)c2nccs2)cc1C. The lowest BCUT2D eigenvalue weighted by Crippen LogP contribution is -2.28. The van der Waals surface area contributed by atoms with Gasteiger partial charge in [-0.15, -0.1) is 11.3 Å². The van der Waals surface area contributed by atoms with Gasteiger partial charge in [-0.3, -0.25) is 0 Å². The molecule has 0 aliphatic carbocycles. The Kier molecular flexibility index (Phi) is 4.56. The molecule has 1 atom stereocenters. The summed E-state index contributed by atoms with van der Waals surface area (Å²) in [6.45, 7) is 6.37. The quantitative estimate of drug-likeness (QED) is 0.907. The van der Waals surface area contributed by atoms with Crippen molar-refractivity contribution < 1.29 is 4.74 Å². The molecule has 1 N–H and O–H groups in total. The van der Waals surface area contributed by atoms with Gasteiger partial charge in [0.15, 0.2) is 0 Å². The van der Waals surface area contributed by atoms with Gasteiger partial charge in [-0.2, -0.15) is 0 Å². The Morgan fingerprint density at radius 1 is 1.32 bits per heavy atom. The van der Waals surface area contributed by atoms with Gasteiger partial charge in [-0.05, 0) is 38.0 Å². The van der Waals surface area contributed by atoms with Crippen molar-refractivity contribution in [2.75, 3.05) is 7.11 Å². The van der Waals surface area contributed by atoms with E-state index in [1.54, 1.807) is 18.4 Å². The zero-order valence-electron chi connectivity index (χ0n) is 11.8. The summed E-state index contributed by atoms with van der Waals surface area (Å²) in [4.78, 5) is 4.44. The van der Waals surface area contributed by atoms with Crippen molar-refractivity contribution >= 4 is 11.3 Å². The molecule has 0 fully saturated rings. The minimum absolute atomic E-state index is 0.143. The van der Waals surface area contributed by atoms with E-state index in [9.17, 15) is 0 Å². The Bertz CT molecular complexity index is 523. The van der Waals surface area contributed by atoms with Crippen LogP contribution < -0.4 is 10.1 Å². The first kappa shape index (κ1) is 14.0. The van der Waals surface area contributed by atoms with Crippen molar-refractivity contribution in [3.05, 3.63) is 45.9 Å². The fourth-order valence-corrected chi connectivity index (χ4v) is 2.82. The molecule has 0 bridgehead atoms. The van der Waals surface area contributed by atoms with Crippen molar-refractivity contribution in [2.45, 2.75) is 32.9 Å². The molecule has 1 unspecified atom stereocenters. The summed E-state index contributed by atoms with van der Waals surface area (Å²) in [5.74, 6) is 0.922. The van der Waals surface area contributed by atoms with E-state index in [0.29, 0.717) is 6.04 Å². The van der Waals surface area contributed by atoms with Gasteiger partial charge in [0.25, 0.3) is 0 Å². The normalized spacial score (nSPS) is 12.7. The van der Waals surface area contributed by atoms with Crippen molar-refractivity contribution in [2.24, 2.45) is 0 Å². The molecule has 0 saturated heterocycles. The van der Waals surface area contributed by atoms with Crippen molar-refractivity contribution in [1.29, 1.82) is 0 Å². The van der Waals surface area contributed by atoms with Crippen LogP contribution in [-0.4, -0.2) is 18.1 Å². The minimum atomic E-state index is 0.143. The summed E-state index contributed by atoms with van der Waals surface area (Å²) in [6, 6.07) is 6.84. The van der Waals surface area contributed by atoms with Crippen LogP contribution in [0.3, 0.4) is 0 Å². The van der Waals surface area contributed by atoms with E-state index in [4.69, 9.17) is 4.74 Å². The fraction of sp³-hybridized carbons (Fsp3) is 0.400. The topological polar surface area (TPSA) is 34.1 Å². The lowest BCUT2D eigenvalue weighted by Gasteiger charge is -2.20. The highest BCUT2D eigenvalue weighted by Gasteiger charge is 2.18. The predicted molar refractivity (Wildman–Crippen MR) is 80.0 cm³/mol. The maximum absolute atomic E-state index is 5.32.